The Balaban J connectivity index is 1.74. The van der Waals surface area contributed by atoms with Crippen LogP contribution in [0.25, 0.3) is 0 Å². The van der Waals surface area contributed by atoms with Gasteiger partial charge in [-0.2, -0.15) is 0 Å². The summed E-state index contributed by atoms with van der Waals surface area (Å²) < 4.78 is 5.38. The highest BCUT2D eigenvalue weighted by atomic mass is 16.5. The number of hydrogen-bond acceptors (Lipinski definition) is 4. The highest BCUT2D eigenvalue weighted by molar-refractivity contribution is 6.21. The van der Waals surface area contributed by atoms with Gasteiger partial charge in [0.1, 0.15) is 11.5 Å². The second-order valence-electron chi connectivity index (χ2n) is 5.95. The summed E-state index contributed by atoms with van der Waals surface area (Å²) in [6.45, 7) is 3.75. The van der Waals surface area contributed by atoms with Gasteiger partial charge in [-0.25, -0.2) is 4.90 Å². The van der Waals surface area contributed by atoms with E-state index in [-0.39, 0.29) is 30.1 Å². The highest BCUT2D eigenvalue weighted by Gasteiger charge is 2.46. The van der Waals surface area contributed by atoms with Gasteiger partial charge in [0.2, 0.25) is 5.91 Å². The minimum atomic E-state index is -0.359. The molecular weight excluding hydrogens is 296 g/mol. The van der Waals surface area contributed by atoms with E-state index in [0.29, 0.717) is 44.0 Å². The number of quaternary nitrogens is 1. The fourth-order valence-electron chi connectivity index (χ4n) is 3.28. The summed E-state index contributed by atoms with van der Waals surface area (Å²) in [4.78, 5) is 38.7. The Labute approximate surface area is 135 Å². The Hall–Kier alpha value is -2.21. The molecule has 2 amide bonds. The smallest absolute Gasteiger partial charge is 0.292 e. The molecule has 122 valence electrons. The number of Topliss-reactive ketones (excluding diaryl/α,β-unsaturated/α-hetero) is 1. The number of anilines is 1. The third-order valence-corrected chi connectivity index (χ3v) is 4.50. The first-order chi connectivity index (χ1) is 11.1. The minimum absolute atomic E-state index is 0.163. The van der Waals surface area contributed by atoms with Gasteiger partial charge in [-0.15, -0.1) is 0 Å². The van der Waals surface area contributed by atoms with Gasteiger partial charge in [-0.3, -0.25) is 14.4 Å². The monoisotopic (exact) mass is 317 g/mol. The minimum Gasteiger partial charge on any atom is -0.494 e. The Morgan fingerprint density at radius 2 is 1.78 bits per heavy atom. The standard InChI is InChI=1S/C17H20N2O4/c1-2-23-14-5-3-12(4-6-14)19-16(21)11-15(17(19)22)18-9-7-13(20)8-10-18/h3-6,15H,2,7-11H2,1H3/p+1/t15-/m1/s1. The number of piperidine rings is 1. The van der Waals surface area contributed by atoms with E-state index in [4.69, 9.17) is 4.74 Å². The third kappa shape index (κ3) is 3.12. The second-order valence-corrected chi connectivity index (χ2v) is 5.95. The molecule has 1 atom stereocenters. The van der Waals surface area contributed by atoms with E-state index in [9.17, 15) is 14.4 Å². The van der Waals surface area contributed by atoms with Crippen LogP contribution in [-0.2, 0) is 14.4 Å². The number of nitrogens with one attached hydrogen (secondary N) is 1. The summed E-state index contributed by atoms with van der Waals surface area (Å²) in [6.07, 6.45) is 1.21. The second kappa shape index (κ2) is 6.50. The molecule has 0 spiro atoms. The Morgan fingerprint density at radius 1 is 1.13 bits per heavy atom. The molecule has 6 nitrogen and oxygen atoms in total. The molecule has 6 heteroatoms. The Morgan fingerprint density at radius 3 is 2.39 bits per heavy atom. The average molecular weight is 317 g/mol. The first-order valence-electron chi connectivity index (χ1n) is 8.06. The van der Waals surface area contributed by atoms with Crippen LogP contribution in [0.3, 0.4) is 0 Å². The number of ketones is 1. The summed E-state index contributed by atoms with van der Waals surface area (Å²) in [5.74, 6) is 0.623. The molecular formula is C17H21N2O4+. The molecule has 1 aromatic rings. The molecule has 0 saturated carbocycles. The van der Waals surface area contributed by atoms with Gasteiger partial charge in [-0.05, 0) is 31.2 Å². The number of imide groups is 1. The van der Waals surface area contributed by atoms with Crippen molar-refractivity contribution in [3.05, 3.63) is 24.3 Å². The van der Waals surface area contributed by atoms with Crippen molar-refractivity contribution in [3.8, 4) is 5.75 Å². The van der Waals surface area contributed by atoms with Crippen LogP contribution < -0.4 is 14.5 Å². The summed E-state index contributed by atoms with van der Waals surface area (Å²) >= 11 is 0. The van der Waals surface area contributed by atoms with Crippen LogP contribution in [0.2, 0.25) is 0 Å². The molecule has 1 aromatic carbocycles. The molecule has 0 bridgehead atoms. The molecule has 0 aliphatic carbocycles. The topological polar surface area (TPSA) is 68.1 Å². The van der Waals surface area contributed by atoms with Crippen LogP contribution in [0.15, 0.2) is 24.3 Å². The maximum absolute atomic E-state index is 12.7. The average Bonchev–Trinajstić information content (AvgIpc) is 2.84. The van der Waals surface area contributed by atoms with Crippen LogP contribution in [0, 0.1) is 0 Å². The number of amides is 2. The van der Waals surface area contributed by atoms with E-state index in [1.54, 1.807) is 24.3 Å². The lowest BCUT2D eigenvalue weighted by molar-refractivity contribution is -0.916. The molecule has 2 heterocycles. The van der Waals surface area contributed by atoms with E-state index in [1.807, 2.05) is 6.92 Å². The molecule has 3 rings (SSSR count). The number of carbonyl (C=O) groups excluding carboxylic acids is 3. The van der Waals surface area contributed by atoms with E-state index in [1.165, 1.54) is 4.90 Å². The molecule has 23 heavy (non-hydrogen) atoms. The summed E-state index contributed by atoms with van der Waals surface area (Å²) in [5, 5.41) is 0. The van der Waals surface area contributed by atoms with Crippen LogP contribution >= 0.6 is 0 Å². The van der Waals surface area contributed by atoms with Crippen molar-refractivity contribution in [2.24, 2.45) is 0 Å². The third-order valence-electron chi connectivity index (χ3n) is 4.50. The lowest BCUT2D eigenvalue weighted by atomic mass is 10.1. The Kier molecular flexibility index (Phi) is 4.43. The number of rotatable bonds is 4. The predicted molar refractivity (Wildman–Crippen MR) is 83.4 cm³/mol. The molecule has 2 aliphatic heterocycles. The largest absolute Gasteiger partial charge is 0.494 e. The maximum atomic E-state index is 12.7. The summed E-state index contributed by atoms with van der Waals surface area (Å²) in [6, 6.07) is 6.64. The zero-order valence-corrected chi connectivity index (χ0v) is 13.2. The fraction of sp³-hybridized carbons (Fsp3) is 0.471. The predicted octanol–water partition coefficient (Wildman–Crippen LogP) is -0.0350. The summed E-state index contributed by atoms with van der Waals surface area (Å²) in [5.41, 5.74) is 0.582. The molecule has 2 aliphatic rings. The van der Waals surface area contributed by atoms with E-state index >= 15 is 0 Å². The quantitative estimate of drug-likeness (QED) is 0.792. The van der Waals surface area contributed by atoms with Gasteiger partial charge in [0.15, 0.2) is 6.04 Å². The molecule has 0 unspecified atom stereocenters. The van der Waals surface area contributed by atoms with Gasteiger partial charge < -0.3 is 9.64 Å². The molecule has 2 fully saturated rings. The van der Waals surface area contributed by atoms with Crippen molar-refractivity contribution in [2.45, 2.75) is 32.2 Å². The normalized spacial score (nSPS) is 22.7. The number of benzene rings is 1. The number of nitrogens with zero attached hydrogens (tertiary/aromatic N) is 1. The van der Waals surface area contributed by atoms with Gasteiger partial charge >= 0.3 is 0 Å². The number of likely N-dealkylation sites (tertiary alicyclic amines) is 1. The highest BCUT2D eigenvalue weighted by Crippen LogP contribution is 2.24. The number of hydrogen-bond donors (Lipinski definition) is 1. The van der Waals surface area contributed by atoms with Crippen molar-refractivity contribution in [1.29, 1.82) is 0 Å². The maximum Gasteiger partial charge on any atom is 0.292 e. The van der Waals surface area contributed by atoms with Gasteiger partial charge in [0, 0.05) is 0 Å². The van der Waals surface area contributed by atoms with E-state index in [2.05, 4.69) is 0 Å². The van der Waals surface area contributed by atoms with Crippen molar-refractivity contribution in [1.82, 2.24) is 0 Å². The lowest BCUT2D eigenvalue weighted by Gasteiger charge is -2.27. The molecule has 0 radical (unpaired) electrons. The lowest BCUT2D eigenvalue weighted by Crippen LogP contribution is -3.17. The van der Waals surface area contributed by atoms with E-state index in [0.717, 1.165) is 4.90 Å². The summed E-state index contributed by atoms with van der Waals surface area (Å²) in [7, 11) is 0. The van der Waals surface area contributed by atoms with Crippen molar-refractivity contribution < 1.29 is 24.0 Å². The first kappa shape index (κ1) is 15.7. The first-order valence-corrected chi connectivity index (χ1v) is 8.06. The van der Waals surface area contributed by atoms with E-state index < -0.39 is 0 Å². The number of carbonyl (C=O) groups is 3. The zero-order valence-electron chi connectivity index (χ0n) is 13.2. The zero-order chi connectivity index (χ0) is 16.4. The van der Waals surface area contributed by atoms with Crippen LogP contribution in [0.1, 0.15) is 26.2 Å². The SMILES string of the molecule is CCOc1ccc(N2C(=O)C[C@@H]([NH+]3CCC(=O)CC3)C2=O)cc1. The van der Waals surface area contributed by atoms with Gasteiger partial charge in [0.25, 0.3) is 5.91 Å². The van der Waals surface area contributed by atoms with Crippen LogP contribution in [-0.4, -0.2) is 43.3 Å². The van der Waals surface area contributed by atoms with Crippen LogP contribution in [0.5, 0.6) is 5.75 Å². The Bertz CT molecular complexity index is 616. The number of ether oxygens (including phenoxy) is 1. The van der Waals surface area contributed by atoms with Crippen molar-refractivity contribution in [3.63, 3.8) is 0 Å². The fourth-order valence-corrected chi connectivity index (χ4v) is 3.28. The van der Waals surface area contributed by atoms with Crippen molar-refractivity contribution >= 4 is 23.3 Å². The van der Waals surface area contributed by atoms with Crippen molar-refractivity contribution in [2.75, 3.05) is 24.6 Å². The molecule has 0 aromatic heterocycles. The molecule has 2 saturated heterocycles. The molecule has 1 N–H and O–H groups in total. The van der Waals surface area contributed by atoms with Gasteiger partial charge in [-0.1, -0.05) is 0 Å². The van der Waals surface area contributed by atoms with Gasteiger partial charge in [0.05, 0.1) is 44.6 Å². The van der Waals surface area contributed by atoms with Crippen LogP contribution in [0.4, 0.5) is 5.69 Å².